The van der Waals surface area contributed by atoms with Crippen LogP contribution in [0.2, 0.25) is 0 Å². The third-order valence-corrected chi connectivity index (χ3v) is 5.99. The first-order valence-electron chi connectivity index (χ1n) is 10.7. The van der Waals surface area contributed by atoms with Crippen LogP contribution in [-0.2, 0) is 0 Å². The predicted octanol–water partition coefficient (Wildman–Crippen LogP) is 4.83. The third-order valence-electron chi connectivity index (χ3n) is 5.99. The summed E-state index contributed by atoms with van der Waals surface area (Å²) < 4.78 is 1.99. The molecule has 156 valence electrons. The molecule has 1 fully saturated rings. The quantitative estimate of drug-likeness (QED) is 0.657. The fourth-order valence-electron chi connectivity index (χ4n) is 4.40. The number of nitrogens with one attached hydrogen (secondary N) is 2. The van der Waals surface area contributed by atoms with E-state index < -0.39 is 0 Å². The number of hydrogen-bond donors (Lipinski definition) is 2. The number of benzene rings is 2. The Morgan fingerprint density at radius 3 is 2.33 bits per heavy atom. The highest BCUT2D eigenvalue weighted by atomic mass is 16.1. The average Bonchev–Trinajstić information content (AvgIpc) is 3.15. The number of aryl methyl sites for hydroxylation is 4. The molecule has 1 aliphatic rings. The molecular formula is C25H30N4O. The fourth-order valence-corrected chi connectivity index (χ4v) is 4.40. The summed E-state index contributed by atoms with van der Waals surface area (Å²) in [5.41, 5.74) is 8.21. The number of amides is 1. The van der Waals surface area contributed by atoms with Crippen molar-refractivity contribution in [2.45, 2.75) is 46.5 Å². The van der Waals surface area contributed by atoms with Crippen molar-refractivity contribution >= 4 is 11.6 Å². The Labute approximate surface area is 178 Å². The zero-order chi connectivity index (χ0) is 21.3. The Morgan fingerprint density at radius 1 is 1.00 bits per heavy atom. The average molecular weight is 403 g/mol. The van der Waals surface area contributed by atoms with Crippen molar-refractivity contribution in [1.82, 2.24) is 15.1 Å². The monoisotopic (exact) mass is 402 g/mol. The number of hydrogen-bond acceptors (Lipinski definition) is 3. The molecule has 0 saturated carbocycles. The molecule has 0 bridgehead atoms. The fraction of sp³-hybridized carbons (Fsp3) is 0.360. The van der Waals surface area contributed by atoms with Gasteiger partial charge in [-0.1, -0.05) is 35.4 Å². The minimum Gasteiger partial charge on any atom is -0.322 e. The molecule has 30 heavy (non-hydrogen) atoms. The van der Waals surface area contributed by atoms with Crippen molar-refractivity contribution in [3.63, 3.8) is 0 Å². The molecule has 2 N–H and O–H groups in total. The Hall–Kier alpha value is -2.92. The van der Waals surface area contributed by atoms with E-state index in [2.05, 4.69) is 60.8 Å². The van der Waals surface area contributed by atoms with Gasteiger partial charge in [0.25, 0.3) is 5.91 Å². The predicted molar refractivity (Wildman–Crippen MR) is 122 cm³/mol. The Bertz CT molecular complexity index is 1080. The second kappa shape index (κ2) is 8.44. The molecule has 4 rings (SSSR count). The number of carbonyl (C=O) groups excluding carboxylic acids is 1. The van der Waals surface area contributed by atoms with Gasteiger partial charge < -0.3 is 10.6 Å². The largest absolute Gasteiger partial charge is 0.322 e. The van der Waals surface area contributed by atoms with Crippen LogP contribution < -0.4 is 10.6 Å². The van der Waals surface area contributed by atoms with E-state index in [0.717, 1.165) is 54.1 Å². The van der Waals surface area contributed by atoms with Crippen molar-refractivity contribution in [3.05, 3.63) is 76.1 Å². The molecule has 3 aromatic rings. The van der Waals surface area contributed by atoms with Gasteiger partial charge in [-0.15, -0.1) is 0 Å². The molecule has 1 aromatic heterocycles. The van der Waals surface area contributed by atoms with Crippen LogP contribution in [0.4, 0.5) is 5.69 Å². The zero-order valence-corrected chi connectivity index (χ0v) is 18.2. The topological polar surface area (TPSA) is 59.0 Å². The molecule has 1 amide bonds. The maximum Gasteiger partial charge on any atom is 0.259 e. The highest BCUT2D eigenvalue weighted by Crippen LogP contribution is 2.32. The van der Waals surface area contributed by atoms with E-state index in [1.54, 1.807) is 6.20 Å². The van der Waals surface area contributed by atoms with Gasteiger partial charge in [-0.2, -0.15) is 5.10 Å². The van der Waals surface area contributed by atoms with Crippen LogP contribution in [0.1, 0.15) is 57.1 Å². The lowest BCUT2D eigenvalue weighted by Crippen LogP contribution is -2.29. The van der Waals surface area contributed by atoms with E-state index >= 15 is 0 Å². The Balaban J connectivity index is 1.75. The number of carbonyl (C=O) groups is 1. The zero-order valence-electron chi connectivity index (χ0n) is 18.2. The summed E-state index contributed by atoms with van der Waals surface area (Å²) in [6, 6.07) is 12.5. The van der Waals surface area contributed by atoms with Gasteiger partial charge >= 0.3 is 0 Å². The molecule has 2 heterocycles. The first-order valence-corrected chi connectivity index (χ1v) is 10.7. The van der Waals surface area contributed by atoms with E-state index in [-0.39, 0.29) is 5.91 Å². The number of piperidine rings is 1. The number of anilines is 1. The lowest BCUT2D eigenvalue weighted by molar-refractivity contribution is 0.102. The number of nitrogens with zero attached hydrogens (tertiary/aromatic N) is 2. The highest BCUT2D eigenvalue weighted by molar-refractivity contribution is 6.05. The standard InChI is InChI=1S/C25H30N4O/c1-16-5-7-22(18(3)13-16)28-25(30)21-15-27-29(23-8-6-17(2)14-19(23)4)24(21)20-9-11-26-12-10-20/h5-8,13-15,20,26H,9-12H2,1-4H3,(H,28,30). The number of rotatable bonds is 4. The van der Waals surface area contributed by atoms with Gasteiger partial charge in [0.15, 0.2) is 0 Å². The van der Waals surface area contributed by atoms with Gasteiger partial charge in [-0.25, -0.2) is 4.68 Å². The molecule has 1 saturated heterocycles. The summed E-state index contributed by atoms with van der Waals surface area (Å²) >= 11 is 0. The summed E-state index contributed by atoms with van der Waals surface area (Å²) in [7, 11) is 0. The summed E-state index contributed by atoms with van der Waals surface area (Å²) in [4.78, 5) is 13.3. The van der Waals surface area contributed by atoms with Crippen LogP contribution in [0, 0.1) is 27.7 Å². The normalized spacial score (nSPS) is 14.7. The van der Waals surface area contributed by atoms with Crippen molar-refractivity contribution in [2.24, 2.45) is 0 Å². The van der Waals surface area contributed by atoms with Crippen LogP contribution >= 0.6 is 0 Å². The summed E-state index contributed by atoms with van der Waals surface area (Å²) in [6.07, 6.45) is 3.73. The van der Waals surface area contributed by atoms with Crippen LogP contribution in [0.3, 0.4) is 0 Å². The molecule has 0 spiro atoms. The second-order valence-corrected chi connectivity index (χ2v) is 8.44. The van der Waals surface area contributed by atoms with Gasteiger partial charge in [-0.3, -0.25) is 4.79 Å². The number of aromatic nitrogens is 2. The van der Waals surface area contributed by atoms with E-state index in [4.69, 9.17) is 0 Å². The third kappa shape index (κ3) is 4.03. The van der Waals surface area contributed by atoms with Gasteiger partial charge in [0.1, 0.15) is 0 Å². The minimum atomic E-state index is -0.0912. The maximum atomic E-state index is 13.3. The van der Waals surface area contributed by atoms with E-state index in [1.165, 1.54) is 11.1 Å². The molecule has 0 aliphatic carbocycles. The van der Waals surface area contributed by atoms with Gasteiger partial charge in [-0.05, 0) is 76.9 Å². The van der Waals surface area contributed by atoms with Crippen molar-refractivity contribution in [3.8, 4) is 5.69 Å². The summed E-state index contributed by atoms with van der Waals surface area (Å²) in [5.74, 6) is 0.209. The van der Waals surface area contributed by atoms with Gasteiger partial charge in [0, 0.05) is 11.6 Å². The van der Waals surface area contributed by atoms with E-state index in [0.29, 0.717) is 11.5 Å². The van der Waals surface area contributed by atoms with Crippen LogP contribution in [-0.4, -0.2) is 28.8 Å². The molecular weight excluding hydrogens is 372 g/mol. The van der Waals surface area contributed by atoms with Crippen molar-refractivity contribution in [2.75, 3.05) is 18.4 Å². The van der Waals surface area contributed by atoms with Crippen LogP contribution in [0.5, 0.6) is 0 Å². The Kier molecular flexibility index (Phi) is 5.73. The lowest BCUT2D eigenvalue weighted by Gasteiger charge is -2.25. The molecule has 0 radical (unpaired) electrons. The Morgan fingerprint density at radius 2 is 1.67 bits per heavy atom. The first kappa shape index (κ1) is 20.4. The molecule has 2 aromatic carbocycles. The molecule has 0 atom stereocenters. The van der Waals surface area contributed by atoms with E-state index in [9.17, 15) is 4.79 Å². The van der Waals surface area contributed by atoms with Gasteiger partial charge in [0.2, 0.25) is 0 Å². The lowest BCUT2D eigenvalue weighted by atomic mass is 9.91. The summed E-state index contributed by atoms with van der Waals surface area (Å²) in [6.45, 7) is 10.2. The minimum absolute atomic E-state index is 0.0912. The first-order chi connectivity index (χ1) is 14.4. The van der Waals surface area contributed by atoms with Crippen molar-refractivity contribution in [1.29, 1.82) is 0 Å². The second-order valence-electron chi connectivity index (χ2n) is 8.44. The van der Waals surface area contributed by atoms with Crippen LogP contribution in [0.25, 0.3) is 5.69 Å². The SMILES string of the molecule is Cc1ccc(NC(=O)c2cnn(-c3ccc(C)cc3C)c2C2CCNCC2)c(C)c1. The van der Waals surface area contributed by atoms with Crippen molar-refractivity contribution < 1.29 is 4.79 Å². The van der Waals surface area contributed by atoms with E-state index in [1.807, 2.05) is 23.7 Å². The maximum absolute atomic E-state index is 13.3. The summed E-state index contributed by atoms with van der Waals surface area (Å²) in [5, 5.41) is 11.2. The smallest absolute Gasteiger partial charge is 0.259 e. The highest BCUT2D eigenvalue weighted by Gasteiger charge is 2.27. The molecule has 1 aliphatic heterocycles. The molecule has 5 heteroatoms. The molecule has 5 nitrogen and oxygen atoms in total. The van der Waals surface area contributed by atoms with Gasteiger partial charge in [0.05, 0.1) is 23.1 Å². The van der Waals surface area contributed by atoms with Crippen LogP contribution in [0.15, 0.2) is 42.6 Å². The molecule has 0 unspecified atom stereocenters.